The molecule has 1 unspecified atom stereocenters. The second kappa shape index (κ2) is 8.59. The van der Waals surface area contributed by atoms with E-state index in [1.165, 1.54) is 18.4 Å². The maximum atomic E-state index is 13.1. The lowest BCUT2D eigenvalue weighted by molar-refractivity contribution is -0.139. The zero-order valence-corrected chi connectivity index (χ0v) is 16.5. The number of carbonyl (C=O) groups excluding carboxylic acids is 2. The van der Waals surface area contributed by atoms with E-state index in [0.717, 1.165) is 37.9 Å². The summed E-state index contributed by atoms with van der Waals surface area (Å²) in [6.45, 7) is 1.15. The summed E-state index contributed by atoms with van der Waals surface area (Å²) in [7, 11) is 3.56. The topological polar surface area (TPSA) is 52.7 Å². The molecule has 3 rings (SSSR count). The number of amides is 2. The number of benzene rings is 1. The van der Waals surface area contributed by atoms with Gasteiger partial charge >= 0.3 is 0 Å². The van der Waals surface area contributed by atoms with Crippen LogP contribution >= 0.6 is 0 Å². The van der Waals surface area contributed by atoms with Gasteiger partial charge in [-0.25, -0.2) is 0 Å². The molecule has 5 heteroatoms. The average Bonchev–Trinajstić information content (AvgIpc) is 2.69. The number of anilines is 1. The van der Waals surface area contributed by atoms with Gasteiger partial charge in [0.25, 0.3) is 0 Å². The summed E-state index contributed by atoms with van der Waals surface area (Å²) in [5.74, 6) is 0.175. The molecular formula is C22H31N3O2. The van der Waals surface area contributed by atoms with Crippen molar-refractivity contribution in [3.63, 3.8) is 0 Å². The molecule has 1 fully saturated rings. The van der Waals surface area contributed by atoms with Gasteiger partial charge in [-0.05, 0) is 50.7 Å². The number of hydrogen-bond acceptors (Lipinski definition) is 3. The quantitative estimate of drug-likeness (QED) is 0.809. The number of piperidine rings is 1. The molecule has 1 aromatic carbocycles. The molecule has 1 atom stereocenters. The molecule has 0 saturated carbocycles. The lowest BCUT2D eigenvalue weighted by Gasteiger charge is -2.44. The van der Waals surface area contributed by atoms with Crippen LogP contribution in [0.15, 0.2) is 42.0 Å². The van der Waals surface area contributed by atoms with Gasteiger partial charge in [-0.1, -0.05) is 29.8 Å². The monoisotopic (exact) mass is 369 g/mol. The number of nitrogens with zero attached hydrogens (tertiary/aromatic N) is 2. The van der Waals surface area contributed by atoms with Gasteiger partial charge in [-0.3, -0.25) is 9.59 Å². The average molecular weight is 370 g/mol. The Hall–Kier alpha value is -2.30. The van der Waals surface area contributed by atoms with Crippen molar-refractivity contribution in [2.75, 3.05) is 32.5 Å². The Kier molecular flexibility index (Phi) is 6.19. The van der Waals surface area contributed by atoms with Gasteiger partial charge in [0.1, 0.15) is 5.54 Å². The summed E-state index contributed by atoms with van der Waals surface area (Å²) in [4.78, 5) is 29.5. The minimum atomic E-state index is -0.764. The highest BCUT2D eigenvalue weighted by Crippen LogP contribution is 2.29. The van der Waals surface area contributed by atoms with Crippen LogP contribution in [-0.2, 0) is 9.59 Å². The molecule has 1 aliphatic carbocycles. The van der Waals surface area contributed by atoms with E-state index in [1.807, 2.05) is 35.2 Å². The van der Waals surface area contributed by atoms with Crippen molar-refractivity contribution >= 4 is 17.5 Å². The van der Waals surface area contributed by atoms with Crippen molar-refractivity contribution in [1.29, 1.82) is 0 Å². The van der Waals surface area contributed by atoms with Gasteiger partial charge in [0, 0.05) is 32.7 Å². The van der Waals surface area contributed by atoms with E-state index in [1.54, 1.807) is 19.0 Å². The van der Waals surface area contributed by atoms with Gasteiger partial charge in [0.2, 0.25) is 11.8 Å². The SMILES string of the molecule is CN(C)C(=O)C1(Nc2ccccc2)CCCN(C(=O)CC2=CCCCC2)C1. The van der Waals surface area contributed by atoms with Crippen LogP contribution in [0.4, 0.5) is 5.69 Å². The zero-order valence-electron chi connectivity index (χ0n) is 16.5. The summed E-state index contributed by atoms with van der Waals surface area (Å²) < 4.78 is 0. The molecule has 27 heavy (non-hydrogen) atoms. The second-order valence-corrected chi connectivity index (χ2v) is 7.98. The zero-order chi connectivity index (χ0) is 19.3. The normalized spacial score (nSPS) is 22.7. The fraction of sp³-hybridized carbons (Fsp3) is 0.545. The van der Waals surface area contributed by atoms with Crippen LogP contribution < -0.4 is 5.32 Å². The van der Waals surface area contributed by atoms with Gasteiger partial charge in [0.05, 0.1) is 6.54 Å². The predicted molar refractivity (Wildman–Crippen MR) is 108 cm³/mol. The Balaban J connectivity index is 1.77. The molecule has 2 aliphatic rings. The Morgan fingerprint density at radius 3 is 2.59 bits per heavy atom. The van der Waals surface area contributed by atoms with Crippen molar-refractivity contribution in [1.82, 2.24) is 9.80 Å². The molecule has 1 heterocycles. The summed E-state index contributed by atoms with van der Waals surface area (Å²) in [6.07, 6.45) is 8.80. The number of rotatable bonds is 5. The molecule has 0 radical (unpaired) electrons. The lowest BCUT2D eigenvalue weighted by atomic mass is 9.86. The first kappa shape index (κ1) is 19.5. The Morgan fingerprint density at radius 1 is 1.15 bits per heavy atom. The molecule has 1 saturated heterocycles. The largest absolute Gasteiger partial charge is 0.370 e. The highest BCUT2D eigenvalue weighted by Gasteiger charge is 2.44. The number of para-hydroxylation sites is 1. The van der Waals surface area contributed by atoms with Crippen LogP contribution in [0.5, 0.6) is 0 Å². The number of likely N-dealkylation sites (N-methyl/N-ethyl adjacent to an activating group) is 1. The molecule has 1 aromatic rings. The van der Waals surface area contributed by atoms with Crippen molar-refractivity contribution < 1.29 is 9.59 Å². The van der Waals surface area contributed by atoms with E-state index in [4.69, 9.17) is 0 Å². The van der Waals surface area contributed by atoms with Gasteiger partial charge < -0.3 is 15.1 Å². The molecule has 0 spiro atoms. The van der Waals surface area contributed by atoms with E-state index in [9.17, 15) is 9.59 Å². The van der Waals surface area contributed by atoms with Crippen LogP contribution in [0.1, 0.15) is 44.9 Å². The van der Waals surface area contributed by atoms with E-state index in [2.05, 4.69) is 11.4 Å². The highest BCUT2D eigenvalue weighted by molar-refractivity contribution is 5.91. The van der Waals surface area contributed by atoms with E-state index in [0.29, 0.717) is 13.0 Å². The highest BCUT2D eigenvalue weighted by atomic mass is 16.2. The van der Waals surface area contributed by atoms with Gasteiger partial charge in [-0.15, -0.1) is 0 Å². The van der Waals surface area contributed by atoms with Crippen molar-refractivity contribution in [3.8, 4) is 0 Å². The minimum Gasteiger partial charge on any atom is -0.370 e. The molecule has 2 amide bonds. The first-order valence-corrected chi connectivity index (χ1v) is 10.0. The van der Waals surface area contributed by atoms with Crippen LogP contribution in [0.25, 0.3) is 0 Å². The summed E-state index contributed by atoms with van der Waals surface area (Å²) >= 11 is 0. The third kappa shape index (κ3) is 4.71. The molecular weight excluding hydrogens is 338 g/mol. The third-order valence-corrected chi connectivity index (χ3v) is 5.58. The predicted octanol–water partition coefficient (Wildman–Crippen LogP) is 3.44. The molecule has 1 aliphatic heterocycles. The van der Waals surface area contributed by atoms with Crippen molar-refractivity contribution in [2.24, 2.45) is 0 Å². The molecule has 5 nitrogen and oxygen atoms in total. The first-order chi connectivity index (χ1) is 13.0. The maximum Gasteiger partial charge on any atom is 0.249 e. The first-order valence-electron chi connectivity index (χ1n) is 10.0. The number of hydrogen-bond donors (Lipinski definition) is 1. The number of allylic oxidation sites excluding steroid dienone is 1. The second-order valence-electron chi connectivity index (χ2n) is 7.98. The molecule has 0 bridgehead atoms. The van der Waals surface area contributed by atoms with Crippen LogP contribution in [0.3, 0.4) is 0 Å². The number of likely N-dealkylation sites (tertiary alicyclic amines) is 1. The smallest absolute Gasteiger partial charge is 0.249 e. The summed E-state index contributed by atoms with van der Waals surface area (Å²) in [5.41, 5.74) is 1.41. The van der Waals surface area contributed by atoms with Crippen LogP contribution in [0, 0.1) is 0 Å². The third-order valence-electron chi connectivity index (χ3n) is 5.58. The Morgan fingerprint density at radius 2 is 1.93 bits per heavy atom. The van der Waals surface area contributed by atoms with E-state index in [-0.39, 0.29) is 11.8 Å². The summed E-state index contributed by atoms with van der Waals surface area (Å²) in [5, 5.41) is 3.46. The van der Waals surface area contributed by atoms with Gasteiger partial charge in [0.15, 0.2) is 0 Å². The van der Waals surface area contributed by atoms with E-state index >= 15 is 0 Å². The van der Waals surface area contributed by atoms with Crippen molar-refractivity contribution in [3.05, 3.63) is 42.0 Å². The molecule has 146 valence electrons. The standard InChI is InChI=1S/C22H31N3O2/c1-24(2)21(27)22(23-19-12-7-4-8-13-19)14-9-15-25(17-22)20(26)16-18-10-5-3-6-11-18/h4,7-8,10,12-13,23H,3,5-6,9,11,14-17H2,1-2H3. The fourth-order valence-electron chi connectivity index (χ4n) is 4.20. The molecule has 1 N–H and O–H groups in total. The maximum absolute atomic E-state index is 13.1. The molecule has 0 aromatic heterocycles. The Bertz CT molecular complexity index is 699. The van der Waals surface area contributed by atoms with Crippen LogP contribution in [-0.4, -0.2) is 54.3 Å². The van der Waals surface area contributed by atoms with Crippen LogP contribution in [0.2, 0.25) is 0 Å². The number of carbonyl (C=O) groups is 2. The summed E-state index contributed by atoms with van der Waals surface area (Å²) in [6, 6.07) is 9.81. The van der Waals surface area contributed by atoms with Crippen molar-refractivity contribution in [2.45, 2.75) is 50.5 Å². The lowest BCUT2D eigenvalue weighted by Crippen LogP contribution is -2.62. The number of nitrogens with one attached hydrogen (secondary N) is 1. The van der Waals surface area contributed by atoms with Gasteiger partial charge in [-0.2, -0.15) is 0 Å². The Labute approximate surface area is 162 Å². The van der Waals surface area contributed by atoms with E-state index < -0.39 is 5.54 Å². The fourth-order valence-corrected chi connectivity index (χ4v) is 4.20. The minimum absolute atomic E-state index is 0.0285.